The van der Waals surface area contributed by atoms with Crippen LogP contribution in [0.4, 0.5) is 4.39 Å². The van der Waals surface area contributed by atoms with Gasteiger partial charge in [-0.15, -0.1) is 0 Å². The molecule has 104 valence electrons. The number of aryl methyl sites for hydroxylation is 1. The zero-order valence-electron chi connectivity index (χ0n) is 10.8. The first-order valence-electron chi connectivity index (χ1n) is 5.95. The molecule has 2 nitrogen and oxygen atoms in total. The van der Waals surface area contributed by atoms with Gasteiger partial charge in [-0.25, -0.2) is 4.39 Å². The van der Waals surface area contributed by atoms with E-state index in [1.54, 1.807) is 18.2 Å². The molecule has 0 aromatic heterocycles. The van der Waals surface area contributed by atoms with Crippen molar-refractivity contribution < 1.29 is 9.13 Å². The summed E-state index contributed by atoms with van der Waals surface area (Å²) in [6.07, 6.45) is 0. The number of hydrogen-bond acceptors (Lipinski definition) is 2. The van der Waals surface area contributed by atoms with E-state index in [0.29, 0.717) is 16.3 Å². The van der Waals surface area contributed by atoms with E-state index in [0.717, 1.165) is 11.1 Å². The van der Waals surface area contributed by atoms with Crippen molar-refractivity contribution in [1.29, 1.82) is 0 Å². The van der Waals surface area contributed by atoms with E-state index in [1.807, 2.05) is 19.1 Å². The molecule has 2 rings (SSSR count). The maximum Gasteiger partial charge on any atom is 0.142 e. The number of halogens is 2. The highest BCUT2D eigenvalue weighted by atomic mass is 35.5. The van der Waals surface area contributed by atoms with Crippen LogP contribution in [0.3, 0.4) is 0 Å². The molecule has 0 aliphatic carbocycles. The van der Waals surface area contributed by atoms with Gasteiger partial charge >= 0.3 is 0 Å². The second-order valence-corrected chi connectivity index (χ2v) is 5.16. The van der Waals surface area contributed by atoms with Gasteiger partial charge in [0, 0.05) is 11.1 Å². The first-order chi connectivity index (χ1) is 9.49. The van der Waals surface area contributed by atoms with Gasteiger partial charge in [-0.05, 0) is 24.6 Å². The van der Waals surface area contributed by atoms with Gasteiger partial charge in [-0.3, -0.25) is 0 Å². The molecule has 0 amide bonds. The molecule has 0 radical (unpaired) electrons. The standard InChI is InChI=1S/C15H13ClFNOS/c1-9-5-6-10(15(18)20)7-13(9)19-8-11-3-2-4-12(17)14(11)16/h2-7H,8H2,1H3,(H2,18,20). The molecule has 2 aromatic carbocycles. The van der Waals surface area contributed by atoms with Crippen molar-refractivity contribution in [1.82, 2.24) is 0 Å². The van der Waals surface area contributed by atoms with Crippen LogP contribution in [0.25, 0.3) is 0 Å². The molecule has 0 spiro atoms. The van der Waals surface area contributed by atoms with Crippen LogP contribution < -0.4 is 10.5 Å². The normalized spacial score (nSPS) is 10.3. The van der Waals surface area contributed by atoms with Crippen molar-refractivity contribution in [2.45, 2.75) is 13.5 Å². The number of thiocarbonyl (C=S) groups is 1. The zero-order valence-corrected chi connectivity index (χ0v) is 12.4. The largest absolute Gasteiger partial charge is 0.489 e. The number of hydrogen-bond donors (Lipinski definition) is 1. The lowest BCUT2D eigenvalue weighted by molar-refractivity contribution is 0.303. The molecule has 2 aromatic rings. The van der Waals surface area contributed by atoms with Crippen molar-refractivity contribution in [3.8, 4) is 5.75 Å². The Hall–Kier alpha value is -1.65. The van der Waals surface area contributed by atoms with Gasteiger partial charge in [0.05, 0.1) is 5.02 Å². The Balaban J connectivity index is 2.20. The van der Waals surface area contributed by atoms with E-state index in [2.05, 4.69) is 0 Å². The summed E-state index contributed by atoms with van der Waals surface area (Å²) in [7, 11) is 0. The summed E-state index contributed by atoms with van der Waals surface area (Å²) in [6, 6.07) is 10.1. The van der Waals surface area contributed by atoms with E-state index in [4.69, 9.17) is 34.3 Å². The summed E-state index contributed by atoms with van der Waals surface area (Å²) < 4.78 is 19.0. The predicted octanol–water partition coefficient (Wildman–Crippen LogP) is 4.00. The molecular weight excluding hydrogens is 297 g/mol. The summed E-state index contributed by atoms with van der Waals surface area (Å²) in [5.41, 5.74) is 7.85. The Labute approximate surface area is 127 Å². The molecule has 5 heteroatoms. The second-order valence-electron chi connectivity index (χ2n) is 4.35. The monoisotopic (exact) mass is 309 g/mol. The molecule has 0 heterocycles. The Morgan fingerprint density at radius 3 is 2.80 bits per heavy atom. The van der Waals surface area contributed by atoms with Crippen LogP contribution in [0.5, 0.6) is 5.75 Å². The minimum absolute atomic E-state index is 0.0793. The van der Waals surface area contributed by atoms with Gasteiger partial charge in [0.2, 0.25) is 0 Å². The van der Waals surface area contributed by atoms with Crippen molar-refractivity contribution in [2.24, 2.45) is 5.73 Å². The third kappa shape index (κ3) is 3.26. The average Bonchev–Trinajstić information content (AvgIpc) is 2.41. The topological polar surface area (TPSA) is 35.2 Å². The summed E-state index contributed by atoms with van der Waals surface area (Å²) >= 11 is 10.8. The Morgan fingerprint density at radius 1 is 1.35 bits per heavy atom. The van der Waals surface area contributed by atoms with E-state index in [-0.39, 0.29) is 11.6 Å². The molecule has 0 fully saturated rings. The van der Waals surface area contributed by atoms with Gasteiger partial charge in [0.1, 0.15) is 23.2 Å². The number of ether oxygens (including phenoxy) is 1. The lowest BCUT2D eigenvalue weighted by atomic mass is 10.1. The van der Waals surface area contributed by atoms with Crippen molar-refractivity contribution in [3.05, 3.63) is 63.9 Å². The van der Waals surface area contributed by atoms with Crippen molar-refractivity contribution in [2.75, 3.05) is 0 Å². The van der Waals surface area contributed by atoms with Crippen LogP contribution >= 0.6 is 23.8 Å². The van der Waals surface area contributed by atoms with Crippen LogP contribution in [0.2, 0.25) is 5.02 Å². The van der Waals surface area contributed by atoms with E-state index >= 15 is 0 Å². The summed E-state index contributed by atoms with van der Waals surface area (Å²) in [6.45, 7) is 2.09. The highest BCUT2D eigenvalue weighted by Gasteiger charge is 2.08. The molecular formula is C15H13ClFNOS. The highest BCUT2D eigenvalue weighted by Crippen LogP contribution is 2.24. The summed E-state index contributed by atoms with van der Waals surface area (Å²) in [5, 5.41) is 0.0793. The Bertz CT molecular complexity index is 660. The molecule has 0 bridgehead atoms. The fourth-order valence-electron chi connectivity index (χ4n) is 1.72. The first kappa shape index (κ1) is 14.8. The maximum atomic E-state index is 13.3. The predicted molar refractivity (Wildman–Crippen MR) is 82.8 cm³/mol. The Kier molecular flexibility index (Phi) is 4.57. The van der Waals surface area contributed by atoms with Gasteiger partial charge in [0.15, 0.2) is 0 Å². The average molecular weight is 310 g/mol. The van der Waals surface area contributed by atoms with Crippen LogP contribution in [-0.4, -0.2) is 4.99 Å². The minimum Gasteiger partial charge on any atom is -0.489 e. The van der Waals surface area contributed by atoms with E-state index in [9.17, 15) is 4.39 Å². The molecule has 0 aliphatic heterocycles. The van der Waals surface area contributed by atoms with Crippen LogP contribution in [0, 0.1) is 12.7 Å². The smallest absolute Gasteiger partial charge is 0.142 e. The number of benzene rings is 2. The second kappa shape index (κ2) is 6.20. The molecule has 0 aliphatic rings. The zero-order chi connectivity index (χ0) is 14.7. The van der Waals surface area contributed by atoms with E-state index in [1.165, 1.54) is 6.07 Å². The van der Waals surface area contributed by atoms with Gasteiger partial charge < -0.3 is 10.5 Å². The van der Waals surface area contributed by atoms with Gasteiger partial charge in [0.25, 0.3) is 0 Å². The maximum absolute atomic E-state index is 13.3. The van der Waals surface area contributed by atoms with Crippen LogP contribution in [0.1, 0.15) is 16.7 Å². The lowest BCUT2D eigenvalue weighted by Gasteiger charge is -2.12. The Morgan fingerprint density at radius 2 is 2.10 bits per heavy atom. The van der Waals surface area contributed by atoms with E-state index < -0.39 is 5.82 Å². The van der Waals surface area contributed by atoms with Crippen LogP contribution in [-0.2, 0) is 6.61 Å². The van der Waals surface area contributed by atoms with Crippen molar-refractivity contribution >= 4 is 28.8 Å². The fraction of sp³-hybridized carbons (Fsp3) is 0.133. The molecule has 0 atom stereocenters. The third-order valence-corrected chi connectivity index (χ3v) is 3.55. The molecule has 2 N–H and O–H groups in total. The van der Waals surface area contributed by atoms with Gasteiger partial charge in [-0.2, -0.15) is 0 Å². The molecule has 0 saturated heterocycles. The fourth-order valence-corrected chi connectivity index (χ4v) is 2.03. The van der Waals surface area contributed by atoms with Crippen LogP contribution in [0.15, 0.2) is 36.4 Å². The lowest BCUT2D eigenvalue weighted by Crippen LogP contribution is -2.09. The molecule has 0 saturated carbocycles. The minimum atomic E-state index is -0.457. The summed E-state index contributed by atoms with van der Waals surface area (Å²) in [4.78, 5) is 0.304. The molecule has 0 unspecified atom stereocenters. The quantitative estimate of drug-likeness (QED) is 0.867. The summed E-state index contributed by atoms with van der Waals surface area (Å²) in [5.74, 6) is 0.192. The highest BCUT2D eigenvalue weighted by molar-refractivity contribution is 7.80. The third-order valence-electron chi connectivity index (χ3n) is 2.89. The van der Waals surface area contributed by atoms with Gasteiger partial charge in [-0.1, -0.05) is 48.1 Å². The number of rotatable bonds is 4. The van der Waals surface area contributed by atoms with Crippen molar-refractivity contribution in [3.63, 3.8) is 0 Å². The molecule has 20 heavy (non-hydrogen) atoms. The number of nitrogens with two attached hydrogens (primary N) is 1. The first-order valence-corrected chi connectivity index (χ1v) is 6.74. The SMILES string of the molecule is Cc1ccc(C(N)=S)cc1OCc1cccc(F)c1Cl.